The quantitative estimate of drug-likeness (QED) is 0.700. The van der Waals surface area contributed by atoms with Gasteiger partial charge in [0.1, 0.15) is 0 Å². The van der Waals surface area contributed by atoms with Gasteiger partial charge >= 0.3 is 0 Å². The van der Waals surface area contributed by atoms with Crippen molar-refractivity contribution in [3.63, 3.8) is 0 Å². The third-order valence-electron chi connectivity index (χ3n) is 3.77. The molecule has 0 aromatic carbocycles. The summed E-state index contributed by atoms with van der Waals surface area (Å²) in [6.07, 6.45) is 6.95. The van der Waals surface area contributed by atoms with Crippen LogP contribution in [0.3, 0.4) is 0 Å². The predicted octanol–water partition coefficient (Wildman–Crippen LogP) is 2.54. The van der Waals surface area contributed by atoms with E-state index in [9.17, 15) is 0 Å². The summed E-state index contributed by atoms with van der Waals surface area (Å²) in [4.78, 5) is 0. The van der Waals surface area contributed by atoms with Gasteiger partial charge in [0.05, 0.1) is 0 Å². The highest BCUT2D eigenvalue weighted by Crippen LogP contribution is 2.22. The molecule has 0 spiro atoms. The van der Waals surface area contributed by atoms with Gasteiger partial charge in [-0.05, 0) is 46.1 Å². The van der Waals surface area contributed by atoms with Crippen molar-refractivity contribution in [3.05, 3.63) is 0 Å². The zero-order valence-corrected chi connectivity index (χ0v) is 10.9. The fourth-order valence-electron chi connectivity index (χ4n) is 2.18. The van der Waals surface area contributed by atoms with E-state index in [-0.39, 0.29) is 5.54 Å². The molecule has 2 nitrogen and oxygen atoms in total. The van der Waals surface area contributed by atoms with E-state index in [1.165, 1.54) is 32.1 Å². The van der Waals surface area contributed by atoms with E-state index < -0.39 is 0 Å². The van der Waals surface area contributed by atoms with Gasteiger partial charge in [-0.1, -0.05) is 19.8 Å². The van der Waals surface area contributed by atoms with Crippen LogP contribution in [0.15, 0.2) is 0 Å². The van der Waals surface area contributed by atoms with Gasteiger partial charge in [0.25, 0.3) is 0 Å². The van der Waals surface area contributed by atoms with Crippen molar-refractivity contribution in [2.75, 3.05) is 13.6 Å². The molecule has 2 N–H and O–H groups in total. The summed E-state index contributed by atoms with van der Waals surface area (Å²) in [6, 6.07) is 0.752. The molecule has 1 fully saturated rings. The molecule has 2 atom stereocenters. The van der Waals surface area contributed by atoms with Crippen molar-refractivity contribution in [2.45, 2.75) is 64.5 Å². The zero-order chi connectivity index (χ0) is 11.3. The molecule has 1 saturated carbocycles. The second-order valence-electron chi connectivity index (χ2n) is 5.83. The number of hydrogen-bond donors (Lipinski definition) is 2. The Kier molecular flexibility index (Phi) is 5.07. The lowest BCUT2D eigenvalue weighted by molar-refractivity contribution is 0.349. The molecule has 0 aromatic heterocycles. The molecule has 90 valence electrons. The van der Waals surface area contributed by atoms with Crippen LogP contribution in [0.5, 0.6) is 0 Å². The first kappa shape index (κ1) is 13.0. The normalized spacial score (nSPS) is 28.8. The first-order chi connectivity index (χ1) is 7.03. The second kappa shape index (κ2) is 5.86. The second-order valence-corrected chi connectivity index (χ2v) is 5.83. The number of rotatable bonds is 4. The van der Waals surface area contributed by atoms with Gasteiger partial charge in [0, 0.05) is 18.1 Å². The van der Waals surface area contributed by atoms with Crippen LogP contribution in [0.1, 0.15) is 52.9 Å². The molecule has 1 aliphatic rings. The minimum atomic E-state index is 0.220. The summed E-state index contributed by atoms with van der Waals surface area (Å²) in [7, 11) is 2.04. The molecule has 0 bridgehead atoms. The van der Waals surface area contributed by atoms with Crippen LogP contribution in [0, 0.1) is 5.92 Å². The lowest BCUT2D eigenvalue weighted by Crippen LogP contribution is -2.48. The number of likely N-dealkylation sites (N-methyl/N-ethyl adjacent to an activating group) is 1. The molecule has 1 rings (SSSR count). The van der Waals surface area contributed by atoms with Crippen LogP contribution < -0.4 is 10.6 Å². The third kappa shape index (κ3) is 4.98. The van der Waals surface area contributed by atoms with Crippen molar-refractivity contribution in [3.8, 4) is 0 Å². The standard InChI is InChI=1S/C13H28N2/c1-11-6-5-7-12(9-8-11)15-10-13(2,3)14-4/h11-12,14-15H,5-10H2,1-4H3. The highest BCUT2D eigenvalue weighted by molar-refractivity contribution is 4.82. The fourth-order valence-corrected chi connectivity index (χ4v) is 2.18. The summed E-state index contributed by atoms with van der Waals surface area (Å²) in [6.45, 7) is 7.96. The Hall–Kier alpha value is -0.0800. The molecule has 2 heteroatoms. The molecular formula is C13H28N2. The minimum Gasteiger partial charge on any atom is -0.314 e. The Labute approximate surface area is 95.2 Å². The Morgan fingerprint density at radius 1 is 1.13 bits per heavy atom. The van der Waals surface area contributed by atoms with Gasteiger partial charge < -0.3 is 10.6 Å². The van der Waals surface area contributed by atoms with Crippen LogP contribution in [-0.2, 0) is 0 Å². The highest BCUT2D eigenvalue weighted by Gasteiger charge is 2.19. The van der Waals surface area contributed by atoms with Crippen molar-refractivity contribution in [1.82, 2.24) is 10.6 Å². The van der Waals surface area contributed by atoms with Gasteiger partial charge in [-0.3, -0.25) is 0 Å². The topological polar surface area (TPSA) is 24.1 Å². The largest absolute Gasteiger partial charge is 0.314 e. The highest BCUT2D eigenvalue weighted by atomic mass is 15.0. The molecule has 1 aliphatic carbocycles. The molecule has 0 aliphatic heterocycles. The van der Waals surface area contributed by atoms with Gasteiger partial charge in [-0.25, -0.2) is 0 Å². The predicted molar refractivity (Wildman–Crippen MR) is 67.2 cm³/mol. The summed E-state index contributed by atoms with van der Waals surface area (Å²) in [5, 5.41) is 7.05. The lowest BCUT2D eigenvalue weighted by atomic mass is 10.0. The van der Waals surface area contributed by atoms with Gasteiger partial charge in [-0.15, -0.1) is 0 Å². The minimum absolute atomic E-state index is 0.220. The molecular weight excluding hydrogens is 184 g/mol. The van der Waals surface area contributed by atoms with E-state index in [0.717, 1.165) is 18.5 Å². The average Bonchev–Trinajstić information content (AvgIpc) is 2.40. The Bertz CT molecular complexity index is 177. The first-order valence-corrected chi connectivity index (χ1v) is 6.46. The van der Waals surface area contributed by atoms with Crippen molar-refractivity contribution < 1.29 is 0 Å². The maximum absolute atomic E-state index is 3.71. The van der Waals surface area contributed by atoms with Gasteiger partial charge in [-0.2, -0.15) is 0 Å². The monoisotopic (exact) mass is 212 g/mol. The SMILES string of the molecule is CNC(C)(C)CNC1CCCC(C)CC1. The molecule has 0 radical (unpaired) electrons. The van der Waals surface area contributed by atoms with Gasteiger partial charge in [0.2, 0.25) is 0 Å². The summed E-state index contributed by atoms with van der Waals surface area (Å²) < 4.78 is 0. The first-order valence-electron chi connectivity index (χ1n) is 6.46. The van der Waals surface area contributed by atoms with E-state index in [1.807, 2.05) is 7.05 Å². The van der Waals surface area contributed by atoms with E-state index in [2.05, 4.69) is 31.4 Å². The third-order valence-corrected chi connectivity index (χ3v) is 3.77. The van der Waals surface area contributed by atoms with Crippen molar-refractivity contribution in [1.29, 1.82) is 0 Å². The molecule has 0 amide bonds. The Balaban J connectivity index is 2.26. The van der Waals surface area contributed by atoms with E-state index in [0.29, 0.717) is 0 Å². The molecule has 0 heterocycles. The van der Waals surface area contributed by atoms with E-state index >= 15 is 0 Å². The van der Waals surface area contributed by atoms with E-state index in [1.54, 1.807) is 0 Å². The van der Waals surface area contributed by atoms with Crippen molar-refractivity contribution in [2.24, 2.45) is 5.92 Å². The van der Waals surface area contributed by atoms with Crippen molar-refractivity contribution >= 4 is 0 Å². The van der Waals surface area contributed by atoms with Gasteiger partial charge in [0.15, 0.2) is 0 Å². The molecule has 2 unspecified atom stereocenters. The molecule has 0 aromatic rings. The van der Waals surface area contributed by atoms with Crippen LogP contribution >= 0.6 is 0 Å². The summed E-state index contributed by atoms with van der Waals surface area (Å²) in [5.74, 6) is 0.939. The molecule has 0 saturated heterocycles. The zero-order valence-electron chi connectivity index (χ0n) is 10.9. The molecule has 15 heavy (non-hydrogen) atoms. The van der Waals surface area contributed by atoms with Crippen LogP contribution in [0.25, 0.3) is 0 Å². The average molecular weight is 212 g/mol. The summed E-state index contributed by atoms with van der Waals surface area (Å²) >= 11 is 0. The van der Waals surface area contributed by atoms with Crippen LogP contribution in [-0.4, -0.2) is 25.2 Å². The Morgan fingerprint density at radius 2 is 1.87 bits per heavy atom. The fraction of sp³-hybridized carbons (Fsp3) is 1.00. The smallest absolute Gasteiger partial charge is 0.0246 e. The maximum atomic E-state index is 3.71. The van der Waals surface area contributed by atoms with E-state index in [4.69, 9.17) is 0 Å². The number of nitrogens with one attached hydrogen (secondary N) is 2. The van der Waals surface area contributed by atoms with Crippen LogP contribution in [0.2, 0.25) is 0 Å². The Morgan fingerprint density at radius 3 is 2.53 bits per heavy atom. The van der Waals surface area contributed by atoms with Crippen LogP contribution in [0.4, 0.5) is 0 Å². The summed E-state index contributed by atoms with van der Waals surface area (Å²) in [5.41, 5.74) is 0.220. The number of hydrogen-bond acceptors (Lipinski definition) is 2. The lowest BCUT2D eigenvalue weighted by Gasteiger charge is -2.27. The maximum Gasteiger partial charge on any atom is 0.0246 e.